The standard InChI is InChI=1S/C18H17ClN2O2/c19-13-6-7-15-14(10-13)18(11-20-15)8-9-21(17(22)23)16(18)12-4-2-1-3-5-12/h1-7,10,16,20H,8-9,11H2,(H,22,23)/t16-,18-/m1/s1. The van der Waals surface area contributed by atoms with Gasteiger partial charge in [0.1, 0.15) is 0 Å². The lowest BCUT2D eigenvalue weighted by Crippen LogP contribution is -2.39. The number of carbonyl (C=O) groups is 1. The van der Waals surface area contributed by atoms with E-state index in [1.165, 1.54) is 0 Å². The lowest BCUT2D eigenvalue weighted by Gasteiger charge is -2.34. The molecule has 1 fully saturated rings. The number of hydrogen-bond acceptors (Lipinski definition) is 2. The zero-order valence-corrected chi connectivity index (χ0v) is 13.3. The lowest BCUT2D eigenvalue weighted by molar-refractivity contribution is 0.132. The van der Waals surface area contributed by atoms with Gasteiger partial charge >= 0.3 is 6.09 Å². The van der Waals surface area contributed by atoms with Gasteiger partial charge in [-0.2, -0.15) is 0 Å². The van der Waals surface area contributed by atoms with Gasteiger partial charge in [0.2, 0.25) is 0 Å². The summed E-state index contributed by atoms with van der Waals surface area (Å²) in [5.41, 5.74) is 2.95. The number of nitrogens with zero attached hydrogens (tertiary/aromatic N) is 1. The first-order valence-electron chi connectivity index (χ1n) is 7.70. The molecule has 2 heterocycles. The highest BCUT2D eigenvalue weighted by Gasteiger charge is 2.54. The van der Waals surface area contributed by atoms with E-state index in [0.29, 0.717) is 11.6 Å². The Morgan fingerprint density at radius 2 is 2.04 bits per heavy atom. The number of nitrogens with one attached hydrogen (secondary N) is 1. The summed E-state index contributed by atoms with van der Waals surface area (Å²) in [4.78, 5) is 13.3. The van der Waals surface area contributed by atoms with Gasteiger partial charge in [-0.15, -0.1) is 0 Å². The molecular formula is C18H17ClN2O2. The van der Waals surface area contributed by atoms with Crippen LogP contribution in [0.4, 0.5) is 10.5 Å². The van der Waals surface area contributed by atoms with Crippen molar-refractivity contribution in [1.82, 2.24) is 4.90 Å². The molecule has 2 aromatic rings. The smallest absolute Gasteiger partial charge is 0.407 e. The molecule has 4 rings (SSSR count). The van der Waals surface area contributed by atoms with Gasteiger partial charge < -0.3 is 15.3 Å². The molecule has 0 unspecified atom stereocenters. The summed E-state index contributed by atoms with van der Waals surface area (Å²) >= 11 is 6.22. The first-order valence-corrected chi connectivity index (χ1v) is 8.08. The molecule has 0 radical (unpaired) electrons. The van der Waals surface area contributed by atoms with E-state index in [-0.39, 0.29) is 11.5 Å². The normalized spacial score (nSPS) is 25.4. The van der Waals surface area contributed by atoms with Crippen LogP contribution in [0.1, 0.15) is 23.6 Å². The molecule has 5 heteroatoms. The Kier molecular flexibility index (Phi) is 3.23. The molecule has 2 atom stereocenters. The SMILES string of the molecule is O=C(O)N1CC[C@]2(CNc3ccc(Cl)cc32)[C@H]1c1ccccc1. The molecule has 2 aromatic carbocycles. The van der Waals surface area contributed by atoms with Gasteiger partial charge in [0.15, 0.2) is 0 Å². The summed E-state index contributed by atoms with van der Waals surface area (Å²) < 4.78 is 0. The summed E-state index contributed by atoms with van der Waals surface area (Å²) in [6.07, 6.45) is -0.0784. The third-order valence-electron chi connectivity index (χ3n) is 5.11. The summed E-state index contributed by atoms with van der Waals surface area (Å²) in [5, 5.41) is 13.8. The van der Waals surface area contributed by atoms with Crippen LogP contribution in [0.3, 0.4) is 0 Å². The minimum atomic E-state index is -0.869. The lowest BCUT2D eigenvalue weighted by atomic mass is 9.73. The molecule has 2 aliphatic heterocycles. The minimum absolute atomic E-state index is 0.201. The van der Waals surface area contributed by atoms with Gasteiger partial charge in [0, 0.05) is 29.2 Å². The molecule has 0 saturated carbocycles. The van der Waals surface area contributed by atoms with Crippen molar-refractivity contribution in [2.45, 2.75) is 17.9 Å². The van der Waals surface area contributed by atoms with Crippen molar-refractivity contribution in [3.05, 3.63) is 64.7 Å². The Bertz CT molecular complexity index is 765. The van der Waals surface area contributed by atoms with Crippen LogP contribution in [0.25, 0.3) is 0 Å². The van der Waals surface area contributed by atoms with E-state index >= 15 is 0 Å². The molecule has 1 spiro atoms. The molecule has 0 aromatic heterocycles. The third kappa shape index (κ3) is 2.09. The van der Waals surface area contributed by atoms with E-state index in [9.17, 15) is 9.90 Å². The quantitative estimate of drug-likeness (QED) is 0.827. The molecule has 1 saturated heterocycles. The van der Waals surface area contributed by atoms with Crippen LogP contribution in [0, 0.1) is 0 Å². The molecular weight excluding hydrogens is 312 g/mol. The van der Waals surface area contributed by atoms with E-state index in [4.69, 9.17) is 11.6 Å². The van der Waals surface area contributed by atoms with E-state index in [2.05, 4.69) is 5.32 Å². The van der Waals surface area contributed by atoms with Crippen molar-refractivity contribution < 1.29 is 9.90 Å². The second-order valence-electron chi connectivity index (χ2n) is 6.24. The van der Waals surface area contributed by atoms with Crippen molar-refractivity contribution in [2.75, 3.05) is 18.4 Å². The maximum atomic E-state index is 11.8. The van der Waals surface area contributed by atoms with Crippen LogP contribution in [-0.4, -0.2) is 29.2 Å². The number of fused-ring (bicyclic) bond motifs is 2. The van der Waals surface area contributed by atoms with E-state index in [0.717, 1.165) is 29.8 Å². The summed E-state index contributed by atoms with van der Waals surface area (Å²) in [6, 6.07) is 15.5. The second kappa shape index (κ2) is 5.17. The molecule has 23 heavy (non-hydrogen) atoms. The molecule has 0 bridgehead atoms. The Hall–Kier alpha value is -2.20. The number of carboxylic acid groups (broad SMARTS) is 1. The molecule has 2 aliphatic rings. The molecule has 2 N–H and O–H groups in total. The van der Waals surface area contributed by atoms with Crippen molar-refractivity contribution in [3.8, 4) is 0 Å². The van der Waals surface area contributed by atoms with E-state index in [1.54, 1.807) is 4.90 Å². The van der Waals surface area contributed by atoms with Gasteiger partial charge in [-0.05, 0) is 35.7 Å². The Morgan fingerprint density at radius 3 is 2.78 bits per heavy atom. The van der Waals surface area contributed by atoms with Crippen LogP contribution in [0.5, 0.6) is 0 Å². The number of anilines is 1. The zero-order valence-electron chi connectivity index (χ0n) is 12.5. The average molecular weight is 329 g/mol. The highest BCUT2D eigenvalue weighted by molar-refractivity contribution is 6.30. The van der Waals surface area contributed by atoms with Crippen LogP contribution in [-0.2, 0) is 5.41 Å². The fraction of sp³-hybridized carbons (Fsp3) is 0.278. The number of benzene rings is 2. The van der Waals surface area contributed by atoms with Gasteiger partial charge in [-0.1, -0.05) is 41.9 Å². The highest BCUT2D eigenvalue weighted by Crippen LogP contribution is 2.54. The van der Waals surface area contributed by atoms with Gasteiger partial charge in [-0.3, -0.25) is 0 Å². The van der Waals surface area contributed by atoms with E-state index in [1.807, 2.05) is 48.5 Å². The predicted octanol–water partition coefficient (Wildman–Crippen LogP) is 4.13. The fourth-order valence-corrected chi connectivity index (χ4v) is 4.29. The first kappa shape index (κ1) is 14.4. The summed E-state index contributed by atoms with van der Waals surface area (Å²) in [6.45, 7) is 1.26. The minimum Gasteiger partial charge on any atom is -0.465 e. The highest BCUT2D eigenvalue weighted by atomic mass is 35.5. The number of likely N-dealkylation sites (tertiary alicyclic amines) is 1. The third-order valence-corrected chi connectivity index (χ3v) is 5.34. The molecule has 0 aliphatic carbocycles. The Labute approximate surface area is 139 Å². The Balaban J connectivity index is 1.89. The van der Waals surface area contributed by atoms with Gasteiger partial charge in [-0.25, -0.2) is 4.79 Å². The maximum Gasteiger partial charge on any atom is 0.407 e. The fourth-order valence-electron chi connectivity index (χ4n) is 4.12. The maximum absolute atomic E-state index is 11.8. The van der Waals surface area contributed by atoms with Crippen LogP contribution < -0.4 is 5.32 Å². The number of rotatable bonds is 1. The monoisotopic (exact) mass is 328 g/mol. The summed E-state index contributed by atoms with van der Waals surface area (Å²) in [5.74, 6) is 0. The summed E-state index contributed by atoms with van der Waals surface area (Å²) in [7, 11) is 0. The topological polar surface area (TPSA) is 52.6 Å². The van der Waals surface area contributed by atoms with Crippen molar-refractivity contribution in [1.29, 1.82) is 0 Å². The predicted molar refractivity (Wildman–Crippen MR) is 90.2 cm³/mol. The first-order chi connectivity index (χ1) is 11.1. The van der Waals surface area contributed by atoms with Crippen LogP contribution in [0.15, 0.2) is 48.5 Å². The number of hydrogen-bond donors (Lipinski definition) is 2. The molecule has 118 valence electrons. The second-order valence-corrected chi connectivity index (χ2v) is 6.68. The average Bonchev–Trinajstić information content (AvgIpc) is 3.11. The molecule has 4 nitrogen and oxygen atoms in total. The molecule has 1 amide bonds. The van der Waals surface area contributed by atoms with Crippen LogP contribution in [0.2, 0.25) is 5.02 Å². The van der Waals surface area contributed by atoms with Gasteiger partial charge in [0.05, 0.1) is 6.04 Å². The van der Waals surface area contributed by atoms with Crippen molar-refractivity contribution >= 4 is 23.4 Å². The van der Waals surface area contributed by atoms with Crippen molar-refractivity contribution in [3.63, 3.8) is 0 Å². The zero-order chi connectivity index (χ0) is 16.0. The number of halogens is 1. The van der Waals surface area contributed by atoms with Gasteiger partial charge in [0.25, 0.3) is 0 Å². The van der Waals surface area contributed by atoms with E-state index < -0.39 is 6.09 Å². The Morgan fingerprint density at radius 1 is 1.26 bits per heavy atom. The number of amides is 1. The van der Waals surface area contributed by atoms with Crippen LogP contribution >= 0.6 is 11.6 Å². The van der Waals surface area contributed by atoms with Crippen molar-refractivity contribution in [2.24, 2.45) is 0 Å². The largest absolute Gasteiger partial charge is 0.465 e.